The second kappa shape index (κ2) is 25.5. The van der Waals surface area contributed by atoms with Crippen LogP contribution in [0.2, 0.25) is 0 Å². The van der Waals surface area contributed by atoms with Crippen LogP contribution in [0, 0.1) is 52.3 Å². The van der Waals surface area contributed by atoms with Gasteiger partial charge >= 0.3 is 12.1 Å². The molecule has 0 spiro atoms. The first-order chi connectivity index (χ1) is 36.6. The maximum atomic E-state index is 13.9. The number of nitrogens with one attached hydrogen (secondary N) is 1. The molecule has 4 aliphatic carbocycles. The molecule has 5 aliphatic rings. The fourth-order valence-electron chi connectivity index (χ4n) is 15.0. The number of hydrogen-bond donors (Lipinski definition) is 3. The zero-order valence-corrected chi connectivity index (χ0v) is 46.6. The molecule has 12 heteroatoms. The third-order valence-electron chi connectivity index (χ3n) is 19.2. The van der Waals surface area contributed by atoms with Gasteiger partial charge in [-0.25, -0.2) is 4.79 Å². The van der Waals surface area contributed by atoms with Crippen molar-refractivity contribution in [3.63, 3.8) is 0 Å². The Morgan fingerprint density at radius 3 is 2.21 bits per heavy atom. The number of carbonyl (C=O) groups is 4. The molecule has 11 atom stereocenters. The van der Waals surface area contributed by atoms with Crippen LogP contribution in [0.5, 0.6) is 5.75 Å². The number of benzene rings is 3. The van der Waals surface area contributed by atoms with Gasteiger partial charge in [-0.3, -0.25) is 14.4 Å². The number of unbranched alkanes of at least 4 members (excludes halogenated alkanes) is 2. The molecule has 3 aromatic rings. The van der Waals surface area contributed by atoms with Gasteiger partial charge in [-0.15, -0.1) is 0 Å². The Balaban J connectivity index is 0.827. The molecule has 0 aromatic heterocycles. The smallest absolute Gasteiger partial charge is 0.407 e. The van der Waals surface area contributed by atoms with E-state index in [-0.39, 0.29) is 56.1 Å². The van der Waals surface area contributed by atoms with Crippen molar-refractivity contribution in [1.29, 1.82) is 0 Å². The van der Waals surface area contributed by atoms with Crippen molar-refractivity contribution in [2.45, 2.75) is 168 Å². The van der Waals surface area contributed by atoms with E-state index >= 15 is 0 Å². The Bertz CT molecular complexity index is 2390. The van der Waals surface area contributed by atoms with E-state index in [1.54, 1.807) is 12.0 Å². The van der Waals surface area contributed by atoms with Crippen LogP contribution in [0.1, 0.15) is 166 Å². The average Bonchev–Trinajstić information content (AvgIpc) is 4.00. The van der Waals surface area contributed by atoms with Gasteiger partial charge in [0.2, 0.25) is 11.8 Å². The first-order valence-corrected chi connectivity index (χ1v) is 29.0. The molecule has 4 N–H and O–H groups in total. The number of likely N-dealkylation sites (tertiary alicyclic amines) is 1. The summed E-state index contributed by atoms with van der Waals surface area (Å²) >= 11 is 0. The van der Waals surface area contributed by atoms with Crippen LogP contribution in [0.15, 0.2) is 90.5 Å². The number of aliphatic hydroxyl groups is 1. The number of aliphatic hydroxyl groups excluding tert-OH is 1. The molecular formula is C64H89N3O9. The van der Waals surface area contributed by atoms with Gasteiger partial charge in [0.25, 0.3) is 0 Å². The normalized spacial score (nSPS) is 28.0. The second-order valence-electron chi connectivity index (χ2n) is 24.3. The van der Waals surface area contributed by atoms with Crippen molar-refractivity contribution < 1.29 is 43.2 Å². The molecule has 1 saturated heterocycles. The van der Waals surface area contributed by atoms with E-state index in [9.17, 15) is 24.3 Å². The molecule has 8 unspecified atom stereocenters. The SMILES string of the molecule is COc1ccc(C(OCC2CN(C(=O)CCCCCNC(=O)OC3CC[C@@]4(C)C(=CCC5C4CC[C@@]4(C)C5CC[C@@H]4C(C)CCCC(C)C)C3)CC2OC(=O)CCC(N)=O)(c2ccccc2)c2ccc(CO)cc2)cc1. The summed E-state index contributed by atoms with van der Waals surface area (Å²) in [6.45, 7) is 13.4. The van der Waals surface area contributed by atoms with Gasteiger partial charge < -0.3 is 40.0 Å². The predicted molar refractivity (Wildman–Crippen MR) is 296 cm³/mol. The van der Waals surface area contributed by atoms with E-state index in [4.69, 9.17) is 24.7 Å². The van der Waals surface area contributed by atoms with Gasteiger partial charge in [0.1, 0.15) is 23.6 Å². The summed E-state index contributed by atoms with van der Waals surface area (Å²) in [5, 5.41) is 12.9. The molecule has 12 nitrogen and oxygen atoms in total. The number of esters is 1. The summed E-state index contributed by atoms with van der Waals surface area (Å²) < 4.78 is 24.8. The number of methoxy groups -OCH3 is 1. The number of allylic oxidation sites excluding steroid dienone is 1. The Labute approximate surface area is 453 Å². The molecule has 3 saturated carbocycles. The third-order valence-corrected chi connectivity index (χ3v) is 19.2. The first kappa shape index (κ1) is 57.0. The summed E-state index contributed by atoms with van der Waals surface area (Å²) in [6, 6.07) is 25.2. The second-order valence-corrected chi connectivity index (χ2v) is 24.3. The summed E-state index contributed by atoms with van der Waals surface area (Å²) in [5.74, 6) is 3.83. The largest absolute Gasteiger partial charge is 0.497 e. The number of carbonyl (C=O) groups excluding carboxylic acids is 4. The highest BCUT2D eigenvalue weighted by atomic mass is 16.6. The molecule has 3 aromatic carbocycles. The zero-order chi connectivity index (χ0) is 54.0. The van der Waals surface area contributed by atoms with E-state index in [0.29, 0.717) is 43.5 Å². The van der Waals surface area contributed by atoms with Crippen molar-refractivity contribution >= 4 is 23.9 Å². The molecule has 0 radical (unpaired) electrons. The number of nitrogens with two attached hydrogens (primary N) is 1. The van der Waals surface area contributed by atoms with Crippen LogP contribution in [-0.4, -0.2) is 79.4 Å². The quantitative estimate of drug-likeness (QED) is 0.0342. The van der Waals surface area contributed by atoms with Crippen LogP contribution in [-0.2, 0) is 40.8 Å². The Morgan fingerprint density at radius 1 is 0.789 bits per heavy atom. The summed E-state index contributed by atoms with van der Waals surface area (Å²) in [6.07, 6.45) is 17.0. The number of rotatable bonds is 24. The Kier molecular flexibility index (Phi) is 19.1. The van der Waals surface area contributed by atoms with Crippen LogP contribution < -0.4 is 15.8 Å². The van der Waals surface area contributed by atoms with Crippen LogP contribution >= 0.6 is 0 Å². The lowest BCUT2D eigenvalue weighted by Gasteiger charge is -2.58. The minimum absolute atomic E-state index is 0.0541. The van der Waals surface area contributed by atoms with Gasteiger partial charge in [0, 0.05) is 38.3 Å². The summed E-state index contributed by atoms with van der Waals surface area (Å²) in [5.41, 5.74) is 9.68. The van der Waals surface area contributed by atoms with Crippen molar-refractivity contribution in [3.05, 3.63) is 113 Å². The number of amides is 3. The number of primary amides is 1. The number of ether oxygens (including phenoxy) is 4. The highest BCUT2D eigenvalue weighted by molar-refractivity contribution is 5.80. The fourth-order valence-corrected chi connectivity index (χ4v) is 15.0. The van der Waals surface area contributed by atoms with Crippen molar-refractivity contribution in [2.24, 2.45) is 58.0 Å². The molecule has 4 fully saturated rings. The summed E-state index contributed by atoms with van der Waals surface area (Å²) in [4.78, 5) is 53.5. The number of hydrogen-bond acceptors (Lipinski definition) is 9. The van der Waals surface area contributed by atoms with Crippen LogP contribution in [0.4, 0.5) is 4.79 Å². The van der Waals surface area contributed by atoms with Crippen LogP contribution in [0.25, 0.3) is 0 Å². The minimum Gasteiger partial charge on any atom is -0.497 e. The minimum atomic E-state index is -1.14. The molecular weight excluding hydrogens is 955 g/mol. The van der Waals surface area contributed by atoms with Gasteiger partial charge in [-0.05, 0) is 139 Å². The molecule has 8 rings (SSSR count). The molecule has 1 heterocycles. The maximum Gasteiger partial charge on any atom is 0.407 e. The zero-order valence-electron chi connectivity index (χ0n) is 46.6. The van der Waals surface area contributed by atoms with E-state index in [1.807, 2.05) is 78.9 Å². The maximum absolute atomic E-state index is 13.9. The van der Waals surface area contributed by atoms with Gasteiger partial charge in [-0.1, -0.05) is 139 Å². The van der Waals surface area contributed by atoms with E-state index in [2.05, 4.69) is 46.0 Å². The monoisotopic (exact) mass is 1040 g/mol. The van der Waals surface area contributed by atoms with Gasteiger partial charge in [0.15, 0.2) is 0 Å². The van der Waals surface area contributed by atoms with E-state index in [0.717, 1.165) is 83.4 Å². The number of nitrogens with zero attached hydrogens (tertiary/aromatic N) is 1. The molecule has 3 amide bonds. The molecule has 414 valence electrons. The number of fused-ring (bicyclic) bond motifs is 5. The van der Waals surface area contributed by atoms with E-state index in [1.165, 1.54) is 56.9 Å². The van der Waals surface area contributed by atoms with Crippen molar-refractivity contribution in [3.8, 4) is 5.75 Å². The molecule has 1 aliphatic heterocycles. The van der Waals surface area contributed by atoms with E-state index < -0.39 is 29.5 Å². The Morgan fingerprint density at radius 2 is 1.51 bits per heavy atom. The Hall–Kier alpha value is -5.20. The molecule has 76 heavy (non-hydrogen) atoms. The lowest BCUT2D eigenvalue weighted by Crippen LogP contribution is -2.51. The fraction of sp³-hybridized carbons (Fsp3) is 0.625. The van der Waals surface area contributed by atoms with Gasteiger partial charge in [-0.2, -0.15) is 0 Å². The van der Waals surface area contributed by atoms with Crippen LogP contribution in [0.3, 0.4) is 0 Å². The highest BCUT2D eigenvalue weighted by Gasteiger charge is 2.59. The highest BCUT2D eigenvalue weighted by Crippen LogP contribution is 2.67. The average molecular weight is 1040 g/mol. The first-order valence-electron chi connectivity index (χ1n) is 29.0. The number of alkyl carbamates (subject to hydrolysis) is 1. The molecule has 0 bridgehead atoms. The summed E-state index contributed by atoms with van der Waals surface area (Å²) in [7, 11) is 1.62. The topological polar surface area (TPSA) is 167 Å². The van der Waals surface area contributed by atoms with Crippen molar-refractivity contribution in [1.82, 2.24) is 10.2 Å². The van der Waals surface area contributed by atoms with Gasteiger partial charge in [0.05, 0.1) is 33.3 Å². The van der Waals surface area contributed by atoms with Crippen molar-refractivity contribution in [2.75, 3.05) is 33.4 Å². The predicted octanol–water partition coefficient (Wildman–Crippen LogP) is 11.8. The lowest BCUT2D eigenvalue weighted by molar-refractivity contribution is -0.153. The standard InChI is InChI=1S/C64H89N3O9/c1-43(2)14-13-15-44(3)54-29-30-55-53-28-25-50-38-52(33-35-62(50,4)56(53)34-36-63(54,55)5)75-61(72)66-37-12-8-11-18-59(70)67-39-46(57(40-67)76-60(71)32-31-58(65)69)42-74-64(47-16-9-7-10-17-47,48-21-19-45(41-68)20-22-48)49-23-26-51(73-6)27-24-49/h7,9-10,16-17,19-27,43-44,46,52-57,68H,8,11-15,18,28-42H2,1-6H3,(H2,65,69)(H,66,72)/t44?,46?,52?,53?,54-,55?,56?,57?,62+,63-,64?/m1/s1. The lowest BCUT2D eigenvalue weighted by atomic mass is 9.47. The third kappa shape index (κ3) is 12.9.